The first-order chi connectivity index (χ1) is 14.1. The number of hydrogen-bond acceptors (Lipinski definition) is 5. The molecule has 1 aromatic heterocycles. The van der Waals surface area contributed by atoms with Crippen molar-refractivity contribution in [2.24, 2.45) is 0 Å². The molecule has 29 heavy (non-hydrogen) atoms. The molecule has 0 unspecified atom stereocenters. The van der Waals surface area contributed by atoms with Crippen LogP contribution in [0.5, 0.6) is 5.75 Å². The third-order valence-corrected chi connectivity index (χ3v) is 4.25. The number of rotatable bonds is 7. The van der Waals surface area contributed by atoms with E-state index in [9.17, 15) is 9.59 Å². The molecule has 2 amide bonds. The number of hydrogen-bond donors (Lipinski definition) is 1. The molecular formula is C22H22N4O3. The molecule has 3 aromatic rings. The maximum atomic E-state index is 12.5. The molecule has 0 aliphatic rings. The molecule has 7 nitrogen and oxygen atoms in total. The van der Waals surface area contributed by atoms with Crippen LogP contribution in [0, 0.1) is 0 Å². The van der Waals surface area contributed by atoms with Gasteiger partial charge in [0.25, 0.3) is 0 Å². The van der Waals surface area contributed by atoms with E-state index >= 15 is 0 Å². The highest BCUT2D eigenvalue weighted by Gasteiger charge is 2.13. The molecule has 0 atom stereocenters. The van der Waals surface area contributed by atoms with Crippen molar-refractivity contribution in [2.45, 2.75) is 6.92 Å². The Balaban J connectivity index is 1.62. The van der Waals surface area contributed by atoms with Crippen molar-refractivity contribution in [3.05, 3.63) is 66.5 Å². The van der Waals surface area contributed by atoms with E-state index in [-0.39, 0.29) is 18.4 Å². The van der Waals surface area contributed by atoms with Crippen LogP contribution >= 0.6 is 0 Å². The Bertz CT molecular complexity index is 1050. The molecule has 0 saturated heterocycles. The first-order valence-corrected chi connectivity index (χ1v) is 9.21. The number of fused-ring (bicyclic) bond motifs is 1. The minimum absolute atomic E-state index is 0.0553. The zero-order chi connectivity index (χ0) is 20.6. The smallest absolute Gasteiger partial charge is 0.247 e. The third-order valence-electron chi connectivity index (χ3n) is 4.25. The Morgan fingerprint density at radius 2 is 1.93 bits per heavy atom. The SMILES string of the molecule is CCN(CC(=O)Nc1cccc(OC)c1)C(=O)/C=C/c1cnc2ccccc2n1. The summed E-state index contributed by atoms with van der Waals surface area (Å²) in [4.78, 5) is 35.0. The fourth-order valence-corrected chi connectivity index (χ4v) is 2.73. The maximum Gasteiger partial charge on any atom is 0.247 e. The Hall–Kier alpha value is -3.74. The van der Waals surface area contributed by atoms with E-state index in [1.54, 1.807) is 43.6 Å². The van der Waals surface area contributed by atoms with Crippen LogP contribution in [0.2, 0.25) is 0 Å². The number of ether oxygens (including phenoxy) is 1. The molecule has 148 valence electrons. The van der Waals surface area contributed by atoms with E-state index in [1.807, 2.05) is 31.2 Å². The van der Waals surface area contributed by atoms with E-state index in [0.717, 1.165) is 11.0 Å². The number of anilines is 1. The number of amides is 2. The number of aromatic nitrogens is 2. The van der Waals surface area contributed by atoms with Crippen molar-refractivity contribution in [3.63, 3.8) is 0 Å². The summed E-state index contributed by atoms with van der Waals surface area (Å²) in [6, 6.07) is 14.6. The zero-order valence-electron chi connectivity index (χ0n) is 16.3. The minimum Gasteiger partial charge on any atom is -0.497 e. The summed E-state index contributed by atoms with van der Waals surface area (Å²) in [5.74, 6) is 0.0845. The topological polar surface area (TPSA) is 84.4 Å². The van der Waals surface area contributed by atoms with E-state index < -0.39 is 0 Å². The molecular weight excluding hydrogens is 368 g/mol. The molecule has 7 heteroatoms. The van der Waals surface area contributed by atoms with Crippen molar-refractivity contribution in [3.8, 4) is 5.75 Å². The lowest BCUT2D eigenvalue weighted by Gasteiger charge is -2.18. The first kappa shape index (κ1) is 20.0. The molecule has 0 aliphatic carbocycles. The van der Waals surface area contributed by atoms with E-state index in [4.69, 9.17) is 4.74 Å². The largest absolute Gasteiger partial charge is 0.497 e. The van der Waals surface area contributed by atoms with Gasteiger partial charge in [0.15, 0.2) is 0 Å². The fourth-order valence-electron chi connectivity index (χ4n) is 2.73. The van der Waals surface area contributed by atoms with Gasteiger partial charge in [-0.05, 0) is 37.3 Å². The van der Waals surface area contributed by atoms with Crippen LogP contribution < -0.4 is 10.1 Å². The fraction of sp³-hybridized carbons (Fsp3) is 0.182. The van der Waals surface area contributed by atoms with Gasteiger partial charge >= 0.3 is 0 Å². The van der Waals surface area contributed by atoms with Crippen LogP contribution in [0.1, 0.15) is 12.6 Å². The average molecular weight is 390 g/mol. The highest BCUT2D eigenvalue weighted by atomic mass is 16.5. The second kappa shape index (κ2) is 9.45. The van der Waals surface area contributed by atoms with Crippen molar-refractivity contribution < 1.29 is 14.3 Å². The molecule has 0 aliphatic heterocycles. The summed E-state index contributed by atoms with van der Waals surface area (Å²) >= 11 is 0. The van der Waals surface area contributed by atoms with Crippen molar-refractivity contribution in [2.75, 3.05) is 25.5 Å². The summed E-state index contributed by atoms with van der Waals surface area (Å²) in [6.07, 6.45) is 4.61. The van der Waals surface area contributed by atoms with Gasteiger partial charge in [-0.25, -0.2) is 4.98 Å². The highest BCUT2D eigenvalue weighted by molar-refractivity contribution is 5.98. The van der Waals surface area contributed by atoms with Crippen molar-refractivity contribution >= 4 is 34.6 Å². The summed E-state index contributed by atoms with van der Waals surface area (Å²) in [5.41, 5.74) is 2.74. The third kappa shape index (κ3) is 5.38. The lowest BCUT2D eigenvalue weighted by Crippen LogP contribution is -2.36. The lowest BCUT2D eigenvalue weighted by molar-refractivity contribution is -0.130. The van der Waals surface area contributed by atoms with Gasteiger partial charge in [0.1, 0.15) is 12.3 Å². The minimum atomic E-state index is -0.285. The van der Waals surface area contributed by atoms with E-state index in [1.165, 1.54) is 11.0 Å². The molecule has 0 radical (unpaired) electrons. The molecule has 1 heterocycles. The maximum absolute atomic E-state index is 12.5. The summed E-state index contributed by atoms with van der Waals surface area (Å²) < 4.78 is 5.14. The highest BCUT2D eigenvalue weighted by Crippen LogP contribution is 2.16. The van der Waals surface area contributed by atoms with Gasteiger partial charge in [-0.1, -0.05) is 18.2 Å². The van der Waals surface area contributed by atoms with Crippen LogP contribution in [-0.2, 0) is 9.59 Å². The molecule has 0 fully saturated rings. The summed E-state index contributed by atoms with van der Waals surface area (Å²) in [7, 11) is 1.56. The monoisotopic (exact) mass is 390 g/mol. The van der Waals surface area contributed by atoms with Gasteiger partial charge in [0.2, 0.25) is 11.8 Å². The molecule has 0 bridgehead atoms. The van der Waals surface area contributed by atoms with E-state index in [2.05, 4.69) is 15.3 Å². The number of carbonyl (C=O) groups excluding carboxylic acids is 2. The molecule has 3 rings (SSSR count). The van der Waals surface area contributed by atoms with Crippen molar-refractivity contribution in [1.29, 1.82) is 0 Å². The Morgan fingerprint density at radius 1 is 1.14 bits per heavy atom. The number of nitrogens with one attached hydrogen (secondary N) is 1. The normalized spacial score (nSPS) is 10.8. The van der Waals surface area contributed by atoms with Gasteiger partial charge < -0.3 is 15.0 Å². The van der Waals surface area contributed by atoms with Crippen LogP contribution in [0.3, 0.4) is 0 Å². The first-order valence-electron chi connectivity index (χ1n) is 9.21. The molecule has 1 N–H and O–H groups in total. The predicted molar refractivity (Wildman–Crippen MR) is 112 cm³/mol. The van der Waals surface area contributed by atoms with Crippen LogP contribution in [0.25, 0.3) is 17.1 Å². The van der Waals surface area contributed by atoms with Gasteiger partial charge in [-0.2, -0.15) is 0 Å². The zero-order valence-corrected chi connectivity index (χ0v) is 16.3. The summed E-state index contributed by atoms with van der Waals surface area (Å²) in [5, 5.41) is 2.77. The Morgan fingerprint density at radius 3 is 2.69 bits per heavy atom. The van der Waals surface area contributed by atoms with Gasteiger partial charge in [0.05, 0.1) is 30.0 Å². The van der Waals surface area contributed by atoms with Crippen molar-refractivity contribution in [1.82, 2.24) is 14.9 Å². The number of carbonyl (C=O) groups is 2. The standard InChI is InChI=1S/C22H22N4O3/c1-3-26(15-21(27)25-16-7-6-8-18(13-16)29-2)22(28)12-11-17-14-23-19-9-4-5-10-20(19)24-17/h4-14H,3,15H2,1-2H3,(H,25,27)/b12-11+. The number of benzene rings is 2. The summed E-state index contributed by atoms with van der Waals surface area (Å²) in [6.45, 7) is 2.17. The van der Waals surface area contributed by atoms with Crippen LogP contribution in [-0.4, -0.2) is 46.9 Å². The Kier molecular flexibility index (Phi) is 6.52. The number of likely N-dealkylation sites (N-methyl/N-ethyl adjacent to an activating group) is 1. The molecule has 0 spiro atoms. The Labute approximate surface area is 169 Å². The van der Waals surface area contributed by atoms with E-state index in [0.29, 0.717) is 23.7 Å². The molecule has 2 aromatic carbocycles. The van der Waals surface area contributed by atoms with Crippen LogP contribution in [0.15, 0.2) is 60.8 Å². The van der Waals surface area contributed by atoms with Gasteiger partial charge in [0, 0.05) is 24.4 Å². The molecule has 0 saturated carbocycles. The average Bonchev–Trinajstić information content (AvgIpc) is 2.75. The van der Waals surface area contributed by atoms with Crippen LogP contribution in [0.4, 0.5) is 5.69 Å². The predicted octanol–water partition coefficient (Wildman–Crippen LogP) is 3.14. The van der Waals surface area contributed by atoms with Gasteiger partial charge in [-0.15, -0.1) is 0 Å². The lowest BCUT2D eigenvalue weighted by atomic mass is 10.3. The number of nitrogens with zero attached hydrogens (tertiary/aromatic N) is 3. The quantitative estimate of drug-likeness (QED) is 0.627. The second-order valence-corrected chi connectivity index (χ2v) is 6.25. The van der Waals surface area contributed by atoms with Gasteiger partial charge in [-0.3, -0.25) is 14.6 Å². The number of para-hydroxylation sites is 2. The second-order valence-electron chi connectivity index (χ2n) is 6.25. The number of methoxy groups -OCH3 is 1.